The Balaban J connectivity index is 2.05. The Kier molecular flexibility index (Phi) is 4.83. The maximum atomic E-state index is 12.5. The van der Waals surface area contributed by atoms with E-state index in [0.29, 0.717) is 12.5 Å². The highest BCUT2D eigenvalue weighted by Crippen LogP contribution is 2.20. The molecule has 0 saturated carbocycles. The molecule has 1 fully saturated rings. The number of carbonyl (C=O) groups excluding carboxylic acids is 1. The van der Waals surface area contributed by atoms with Gasteiger partial charge in [0, 0.05) is 24.7 Å². The third-order valence-corrected chi connectivity index (χ3v) is 4.03. The Morgan fingerprint density at radius 3 is 2.84 bits per heavy atom. The fourth-order valence-corrected chi connectivity index (χ4v) is 2.79. The maximum absolute atomic E-state index is 12.5. The third-order valence-electron chi connectivity index (χ3n) is 3.79. The average molecular weight is 281 g/mol. The van der Waals surface area contributed by atoms with Crippen LogP contribution in [-0.2, 0) is 11.3 Å². The van der Waals surface area contributed by atoms with E-state index in [4.69, 9.17) is 11.6 Å². The summed E-state index contributed by atoms with van der Waals surface area (Å²) in [6.07, 6.45) is 0. The maximum Gasteiger partial charge on any atom is 0.227 e. The van der Waals surface area contributed by atoms with Crippen LogP contribution < -0.4 is 5.32 Å². The van der Waals surface area contributed by atoms with Crippen molar-refractivity contribution < 1.29 is 4.79 Å². The third kappa shape index (κ3) is 3.48. The van der Waals surface area contributed by atoms with Crippen molar-refractivity contribution in [2.45, 2.75) is 20.4 Å². The Morgan fingerprint density at radius 2 is 2.26 bits per heavy atom. The molecule has 1 amide bonds. The van der Waals surface area contributed by atoms with Gasteiger partial charge in [0.1, 0.15) is 0 Å². The Bertz CT molecular complexity index is 450. The van der Waals surface area contributed by atoms with Gasteiger partial charge in [0.05, 0.1) is 5.92 Å². The van der Waals surface area contributed by atoms with Crippen molar-refractivity contribution >= 4 is 17.5 Å². The molecule has 4 heteroatoms. The predicted molar refractivity (Wildman–Crippen MR) is 78.1 cm³/mol. The molecular formula is C15H21ClN2O. The second-order valence-electron chi connectivity index (χ2n) is 5.22. The van der Waals surface area contributed by atoms with Crippen LogP contribution in [0.3, 0.4) is 0 Å². The van der Waals surface area contributed by atoms with Crippen LogP contribution in [0.15, 0.2) is 24.3 Å². The topological polar surface area (TPSA) is 32.3 Å². The Labute approximate surface area is 119 Å². The summed E-state index contributed by atoms with van der Waals surface area (Å²) >= 11 is 5.99. The number of rotatable bonds is 4. The number of halogens is 1. The molecule has 3 nitrogen and oxygen atoms in total. The lowest BCUT2D eigenvalue weighted by atomic mass is 9.96. The molecule has 0 radical (unpaired) electrons. The van der Waals surface area contributed by atoms with E-state index < -0.39 is 0 Å². The normalized spacial score (nSPS) is 22.5. The molecule has 2 atom stereocenters. The number of hydrogen-bond donors (Lipinski definition) is 1. The van der Waals surface area contributed by atoms with Crippen molar-refractivity contribution in [1.82, 2.24) is 10.2 Å². The number of amides is 1. The molecule has 0 spiro atoms. The first-order valence-corrected chi connectivity index (χ1v) is 7.23. The van der Waals surface area contributed by atoms with Gasteiger partial charge in [0.25, 0.3) is 0 Å². The van der Waals surface area contributed by atoms with Crippen LogP contribution >= 0.6 is 11.6 Å². The molecule has 0 aliphatic carbocycles. The second-order valence-corrected chi connectivity index (χ2v) is 5.66. The summed E-state index contributed by atoms with van der Waals surface area (Å²) in [7, 11) is 0. The van der Waals surface area contributed by atoms with Crippen LogP contribution in [0, 0.1) is 11.8 Å². The molecule has 1 aromatic carbocycles. The standard InChI is InChI=1S/C15H21ClN2O/c1-3-18(10-12-5-4-6-13(16)7-12)15(19)14-9-17-8-11(14)2/h4-7,11,14,17H,3,8-10H2,1-2H3/t11-,14-/m1/s1. The molecule has 2 rings (SSSR count). The van der Waals surface area contributed by atoms with Gasteiger partial charge >= 0.3 is 0 Å². The highest BCUT2D eigenvalue weighted by Gasteiger charge is 2.32. The average Bonchev–Trinajstić information content (AvgIpc) is 2.81. The van der Waals surface area contributed by atoms with Gasteiger partial charge in [-0.3, -0.25) is 4.79 Å². The van der Waals surface area contributed by atoms with Crippen LogP contribution in [0.4, 0.5) is 0 Å². The molecule has 19 heavy (non-hydrogen) atoms. The molecule has 1 N–H and O–H groups in total. The quantitative estimate of drug-likeness (QED) is 0.919. The van der Waals surface area contributed by atoms with Gasteiger partial charge in [0.2, 0.25) is 5.91 Å². The minimum Gasteiger partial charge on any atom is -0.338 e. The highest BCUT2D eigenvalue weighted by atomic mass is 35.5. The molecule has 0 aromatic heterocycles. The first kappa shape index (κ1) is 14.4. The van der Waals surface area contributed by atoms with E-state index >= 15 is 0 Å². The number of benzene rings is 1. The van der Waals surface area contributed by atoms with Crippen LogP contribution in [-0.4, -0.2) is 30.4 Å². The second kappa shape index (κ2) is 6.40. The minimum atomic E-state index is 0.110. The summed E-state index contributed by atoms with van der Waals surface area (Å²) in [5, 5.41) is 4.01. The van der Waals surface area contributed by atoms with E-state index in [1.165, 1.54) is 0 Å². The van der Waals surface area contributed by atoms with Gasteiger partial charge < -0.3 is 10.2 Å². The van der Waals surface area contributed by atoms with Crippen molar-refractivity contribution in [3.8, 4) is 0 Å². The molecular weight excluding hydrogens is 260 g/mol. The summed E-state index contributed by atoms with van der Waals surface area (Å²) in [5.41, 5.74) is 1.08. The number of hydrogen-bond acceptors (Lipinski definition) is 2. The lowest BCUT2D eigenvalue weighted by Crippen LogP contribution is -2.38. The van der Waals surface area contributed by atoms with E-state index in [-0.39, 0.29) is 11.8 Å². The lowest BCUT2D eigenvalue weighted by molar-refractivity contribution is -0.136. The van der Waals surface area contributed by atoms with E-state index in [1.54, 1.807) is 0 Å². The van der Waals surface area contributed by atoms with Crippen LogP contribution in [0.2, 0.25) is 5.02 Å². The Morgan fingerprint density at radius 1 is 1.47 bits per heavy atom. The molecule has 104 valence electrons. The van der Waals surface area contributed by atoms with Crippen molar-refractivity contribution in [2.24, 2.45) is 11.8 Å². The number of nitrogens with one attached hydrogen (secondary N) is 1. The van der Waals surface area contributed by atoms with Crippen molar-refractivity contribution in [1.29, 1.82) is 0 Å². The summed E-state index contributed by atoms with van der Waals surface area (Å²) in [4.78, 5) is 14.4. The predicted octanol–water partition coefficient (Wildman–Crippen LogP) is 2.54. The molecule has 0 bridgehead atoms. The fraction of sp³-hybridized carbons (Fsp3) is 0.533. The minimum absolute atomic E-state index is 0.110. The summed E-state index contributed by atoms with van der Waals surface area (Å²) < 4.78 is 0. The van der Waals surface area contributed by atoms with Crippen molar-refractivity contribution in [2.75, 3.05) is 19.6 Å². The van der Waals surface area contributed by atoms with E-state index in [9.17, 15) is 4.79 Å². The zero-order valence-corrected chi connectivity index (χ0v) is 12.3. The van der Waals surface area contributed by atoms with Gasteiger partial charge in [-0.25, -0.2) is 0 Å². The SMILES string of the molecule is CCN(Cc1cccc(Cl)c1)C(=O)[C@@H]1CNC[C@H]1C. The smallest absolute Gasteiger partial charge is 0.227 e. The van der Waals surface area contributed by atoms with Gasteiger partial charge in [-0.15, -0.1) is 0 Å². The first-order chi connectivity index (χ1) is 9.11. The molecule has 1 aliphatic heterocycles. The van der Waals surface area contributed by atoms with E-state index in [2.05, 4.69) is 12.2 Å². The van der Waals surface area contributed by atoms with E-state index in [1.807, 2.05) is 36.1 Å². The van der Waals surface area contributed by atoms with Gasteiger partial charge in [-0.2, -0.15) is 0 Å². The van der Waals surface area contributed by atoms with Crippen LogP contribution in [0.5, 0.6) is 0 Å². The molecule has 0 unspecified atom stereocenters. The summed E-state index contributed by atoms with van der Waals surface area (Å²) in [6.45, 7) is 7.26. The van der Waals surface area contributed by atoms with Gasteiger partial charge in [-0.1, -0.05) is 30.7 Å². The molecule has 1 aromatic rings. The van der Waals surface area contributed by atoms with E-state index in [0.717, 1.165) is 30.2 Å². The highest BCUT2D eigenvalue weighted by molar-refractivity contribution is 6.30. The first-order valence-electron chi connectivity index (χ1n) is 6.85. The summed E-state index contributed by atoms with van der Waals surface area (Å²) in [6, 6.07) is 7.72. The number of carbonyl (C=O) groups is 1. The zero-order chi connectivity index (χ0) is 13.8. The van der Waals surface area contributed by atoms with Crippen LogP contribution in [0.1, 0.15) is 19.4 Å². The molecule has 1 heterocycles. The Hall–Kier alpha value is -1.06. The van der Waals surface area contributed by atoms with Crippen molar-refractivity contribution in [3.05, 3.63) is 34.9 Å². The number of nitrogens with zero attached hydrogens (tertiary/aromatic N) is 1. The monoisotopic (exact) mass is 280 g/mol. The van der Waals surface area contributed by atoms with Crippen LogP contribution in [0.25, 0.3) is 0 Å². The zero-order valence-electron chi connectivity index (χ0n) is 11.5. The van der Waals surface area contributed by atoms with Gasteiger partial charge in [-0.05, 0) is 37.1 Å². The fourth-order valence-electron chi connectivity index (χ4n) is 2.58. The van der Waals surface area contributed by atoms with Gasteiger partial charge in [0.15, 0.2) is 0 Å². The molecule has 1 saturated heterocycles. The largest absolute Gasteiger partial charge is 0.338 e. The lowest BCUT2D eigenvalue weighted by Gasteiger charge is -2.26. The summed E-state index contributed by atoms with van der Waals surface area (Å²) in [5.74, 6) is 0.778. The van der Waals surface area contributed by atoms with Crippen molar-refractivity contribution in [3.63, 3.8) is 0 Å². The molecule has 1 aliphatic rings.